The van der Waals surface area contributed by atoms with E-state index < -0.39 is 17.8 Å². The molecular weight excluding hydrogens is 217 g/mol. The topological polar surface area (TPSA) is 3.24 Å². The Bertz CT molecular complexity index is 239. The fourth-order valence-corrected chi connectivity index (χ4v) is 1.54. The molecule has 0 N–H and O–H groups in total. The minimum atomic E-state index is -5.04. The third-order valence-corrected chi connectivity index (χ3v) is 2.46. The van der Waals surface area contributed by atoms with Crippen molar-refractivity contribution in [1.82, 2.24) is 4.90 Å². The molecule has 0 aromatic rings. The molecule has 1 rings (SSSR count). The van der Waals surface area contributed by atoms with Crippen molar-refractivity contribution in [3.8, 4) is 0 Å². The van der Waals surface area contributed by atoms with Gasteiger partial charge < -0.3 is 0 Å². The number of hydrogen-bond acceptors (Lipinski definition) is 1. The Labute approximate surface area is 84.6 Å². The van der Waals surface area contributed by atoms with Gasteiger partial charge in [-0.15, -0.1) is 0 Å². The van der Waals surface area contributed by atoms with Crippen LogP contribution in [-0.4, -0.2) is 30.2 Å². The standard InChI is InChI=1S/C9H12F5N/c1-7(8(10,11)12)9(13,14)15-5-3-2-4-6-15/h1-6H2. The van der Waals surface area contributed by atoms with Crippen LogP contribution in [0, 0.1) is 0 Å². The van der Waals surface area contributed by atoms with Crippen molar-refractivity contribution < 1.29 is 22.0 Å². The predicted octanol–water partition coefficient (Wildman–Crippen LogP) is 3.18. The Morgan fingerprint density at radius 2 is 1.40 bits per heavy atom. The quantitative estimate of drug-likeness (QED) is 0.399. The minimum Gasteiger partial charge on any atom is -0.240 e. The monoisotopic (exact) mass is 229 g/mol. The van der Waals surface area contributed by atoms with Crippen molar-refractivity contribution in [3.63, 3.8) is 0 Å². The Morgan fingerprint density at radius 3 is 1.80 bits per heavy atom. The Morgan fingerprint density at radius 1 is 0.933 bits per heavy atom. The molecule has 6 heteroatoms. The molecule has 0 unspecified atom stereocenters. The molecule has 0 aromatic heterocycles. The molecule has 1 heterocycles. The molecule has 1 saturated heterocycles. The van der Waals surface area contributed by atoms with Gasteiger partial charge in [0.05, 0.1) is 0 Å². The predicted molar refractivity (Wildman–Crippen MR) is 45.6 cm³/mol. The van der Waals surface area contributed by atoms with E-state index in [0.717, 1.165) is 6.42 Å². The van der Waals surface area contributed by atoms with Crippen molar-refractivity contribution in [2.24, 2.45) is 0 Å². The maximum atomic E-state index is 13.3. The fourth-order valence-electron chi connectivity index (χ4n) is 1.54. The van der Waals surface area contributed by atoms with Crippen LogP contribution in [-0.2, 0) is 0 Å². The summed E-state index contributed by atoms with van der Waals surface area (Å²) < 4.78 is 62.9. The molecule has 0 bridgehead atoms. The molecule has 0 aliphatic carbocycles. The van der Waals surface area contributed by atoms with E-state index in [1.807, 2.05) is 0 Å². The van der Waals surface area contributed by atoms with E-state index >= 15 is 0 Å². The van der Waals surface area contributed by atoms with Crippen LogP contribution in [0.5, 0.6) is 0 Å². The number of alkyl halides is 5. The average Bonchev–Trinajstić information content (AvgIpc) is 2.16. The van der Waals surface area contributed by atoms with Crippen molar-refractivity contribution in [3.05, 3.63) is 12.2 Å². The van der Waals surface area contributed by atoms with E-state index in [4.69, 9.17) is 0 Å². The maximum absolute atomic E-state index is 13.3. The second kappa shape index (κ2) is 4.08. The third kappa shape index (κ3) is 2.68. The van der Waals surface area contributed by atoms with Gasteiger partial charge in [-0.1, -0.05) is 13.0 Å². The van der Waals surface area contributed by atoms with Gasteiger partial charge in [0, 0.05) is 13.1 Å². The molecule has 0 radical (unpaired) electrons. The first-order valence-electron chi connectivity index (χ1n) is 4.65. The van der Waals surface area contributed by atoms with E-state index in [1.54, 1.807) is 0 Å². The summed E-state index contributed by atoms with van der Waals surface area (Å²) in [5.41, 5.74) is -1.98. The number of halogens is 5. The van der Waals surface area contributed by atoms with Gasteiger partial charge in [0.15, 0.2) is 0 Å². The van der Waals surface area contributed by atoms with Crippen LogP contribution in [0.4, 0.5) is 22.0 Å². The maximum Gasteiger partial charge on any atom is 0.419 e. The number of nitrogens with zero attached hydrogens (tertiary/aromatic N) is 1. The largest absolute Gasteiger partial charge is 0.419 e. The van der Waals surface area contributed by atoms with Crippen molar-refractivity contribution in [1.29, 1.82) is 0 Å². The summed E-state index contributed by atoms with van der Waals surface area (Å²) in [4.78, 5) is 0.548. The lowest BCUT2D eigenvalue weighted by Crippen LogP contribution is -2.48. The first-order chi connectivity index (χ1) is 6.76. The lowest BCUT2D eigenvalue weighted by atomic mass is 10.1. The van der Waals surface area contributed by atoms with E-state index in [1.165, 1.54) is 0 Å². The summed E-state index contributed by atoms with van der Waals surface area (Å²) in [6, 6.07) is -3.97. The molecule has 88 valence electrons. The molecule has 15 heavy (non-hydrogen) atoms. The zero-order chi connectivity index (χ0) is 11.7. The van der Waals surface area contributed by atoms with Crippen molar-refractivity contribution in [2.45, 2.75) is 31.5 Å². The summed E-state index contributed by atoms with van der Waals surface area (Å²) in [5, 5.41) is 0. The van der Waals surface area contributed by atoms with Gasteiger partial charge >= 0.3 is 12.2 Å². The summed E-state index contributed by atoms with van der Waals surface area (Å²) in [6.07, 6.45) is -3.26. The molecule has 0 aromatic carbocycles. The summed E-state index contributed by atoms with van der Waals surface area (Å²) >= 11 is 0. The zero-order valence-electron chi connectivity index (χ0n) is 8.08. The van der Waals surface area contributed by atoms with Crippen molar-refractivity contribution >= 4 is 0 Å². The Hall–Kier alpha value is -0.650. The van der Waals surface area contributed by atoms with Crippen molar-refractivity contribution in [2.75, 3.05) is 13.1 Å². The number of likely N-dealkylation sites (tertiary alicyclic amines) is 1. The summed E-state index contributed by atoms with van der Waals surface area (Å²) in [6.45, 7) is 2.43. The molecule has 0 atom stereocenters. The van der Waals surface area contributed by atoms with Gasteiger partial charge in [0.2, 0.25) is 0 Å². The molecule has 1 fully saturated rings. The van der Waals surface area contributed by atoms with Gasteiger partial charge in [-0.2, -0.15) is 22.0 Å². The van der Waals surface area contributed by atoms with Crippen LogP contribution in [0.3, 0.4) is 0 Å². The minimum absolute atomic E-state index is 0.0118. The lowest BCUT2D eigenvalue weighted by Gasteiger charge is -2.35. The normalized spacial score (nSPS) is 20.3. The smallest absolute Gasteiger partial charge is 0.240 e. The molecular formula is C9H12F5N. The van der Waals surface area contributed by atoms with Crippen LogP contribution in [0.15, 0.2) is 12.2 Å². The van der Waals surface area contributed by atoms with Gasteiger partial charge in [-0.25, -0.2) is 4.90 Å². The van der Waals surface area contributed by atoms with Gasteiger partial charge in [0.25, 0.3) is 0 Å². The third-order valence-electron chi connectivity index (χ3n) is 2.46. The lowest BCUT2D eigenvalue weighted by molar-refractivity contribution is -0.182. The highest BCUT2D eigenvalue weighted by Crippen LogP contribution is 2.39. The molecule has 0 spiro atoms. The molecule has 0 saturated carbocycles. The van der Waals surface area contributed by atoms with E-state index in [2.05, 4.69) is 6.58 Å². The molecule has 1 aliphatic rings. The second-order valence-electron chi connectivity index (χ2n) is 3.57. The summed E-state index contributed by atoms with van der Waals surface area (Å²) in [5.74, 6) is 0. The van der Waals surface area contributed by atoms with Gasteiger partial charge in [-0.05, 0) is 12.8 Å². The number of rotatable bonds is 2. The van der Waals surface area contributed by atoms with Crippen LogP contribution < -0.4 is 0 Å². The highest BCUT2D eigenvalue weighted by atomic mass is 19.4. The second-order valence-corrected chi connectivity index (χ2v) is 3.57. The van der Waals surface area contributed by atoms with Crippen LogP contribution in [0.25, 0.3) is 0 Å². The first kappa shape index (κ1) is 12.4. The van der Waals surface area contributed by atoms with E-state index in [-0.39, 0.29) is 13.1 Å². The van der Waals surface area contributed by atoms with Crippen LogP contribution in [0.1, 0.15) is 19.3 Å². The number of piperidine rings is 1. The van der Waals surface area contributed by atoms with Crippen LogP contribution in [0.2, 0.25) is 0 Å². The zero-order valence-corrected chi connectivity index (χ0v) is 8.08. The summed E-state index contributed by atoms with van der Waals surface area (Å²) in [7, 11) is 0. The molecule has 1 aliphatic heterocycles. The van der Waals surface area contributed by atoms with Gasteiger partial charge in [0.1, 0.15) is 5.57 Å². The Kier molecular flexibility index (Phi) is 3.38. The van der Waals surface area contributed by atoms with E-state index in [9.17, 15) is 22.0 Å². The molecule has 0 amide bonds. The van der Waals surface area contributed by atoms with E-state index in [0.29, 0.717) is 17.7 Å². The Balaban J connectivity index is 2.76. The van der Waals surface area contributed by atoms with Crippen LogP contribution >= 0.6 is 0 Å². The fraction of sp³-hybridized carbons (Fsp3) is 0.778. The SMILES string of the molecule is C=C(C(F)(F)F)C(F)(F)N1CCCCC1. The molecule has 1 nitrogen and oxygen atoms in total. The average molecular weight is 229 g/mol. The highest BCUT2D eigenvalue weighted by Gasteiger charge is 2.52. The number of hydrogen-bond donors (Lipinski definition) is 0. The van der Waals surface area contributed by atoms with Gasteiger partial charge in [-0.3, -0.25) is 0 Å². The highest BCUT2D eigenvalue weighted by molar-refractivity contribution is 5.13. The first-order valence-corrected chi connectivity index (χ1v) is 4.65.